The van der Waals surface area contributed by atoms with Crippen LogP contribution in [0.5, 0.6) is 5.88 Å². The van der Waals surface area contributed by atoms with Crippen LogP contribution >= 0.6 is 22.9 Å². The number of carbonyl (C=O) groups is 1. The van der Waals surface area contributed by atoms with Crippen molar-refractivity contribution in [2.45, 2.75) is 38.7 Å². The van der Waals surface area contributed by atoms with Gasteiger partial charge >= 0.3 is 0 Å². The van der Waals surface area contributed by atoms with Gasteiger partial charge in [-0.2, -0.15) is 15.2 Å². The average Bonchev–Trinajstić information content (AvgIpc) is 3.35. The number of thiazole rings is 1. The van der Waals surface area contributed by atoms with Crippen LogP contribution in [0.2, 0.25) is 5.02 Å². The molecule has 5 rings (SSSR count). The Labute approximate surface area is 205 Å². The van der Waals surface area contributed by atoms with Crippen molar-refractivity contribution < 1.29 is 14.3 Å². The number of rotatable bonds is 9. The highest BCUT2D eigenvalue weighted by Gasteiger charge is 2.36. The molecule has 34 heavy (non-hydrogen) atoms. The number of fused-ring (bicyclic) bond motifs is 1. The SMILES string of the molecule is COc1nc(-n2nccn2)c(Cl)cc1CC(=O)Cc1cnc2sc(C)nc2c1C(OC)C1CC1. The summed E-state index contributed by atoms with van der Waals surface area (Å²) in [5.41, 5.74) is 3.26. The quantitative estimate of drug-likeness (QED) is 0.340. The molecule has 0 radical (unpaired) electrons. The van der Waals surface area contributed by atoms with Crippen LogP contribution in [-0.4, -0.2) is 49.9 Å². The molecule has 4 aromatic heterocycles. The lowest BCUT2D eigenvalue weighted by Crippen LogP contribution is -2.14. The Hall–Kier alpha value is -2.95. The molecule has 0 N–H and O–H groups in total. The molecule has 0 spiro atoms. The topological polar surface area (TPSA) is 105 Å². The molecule has 1 aliphatic rings. The number of aromatic nitrogens is 6. The first-order valence-corrected chi connectivity index (χ1v) is 12.1. The van der Waals surface area contributed by atoms with E-state index in [1.165, 1.54) is 24.3 Å². The summed E-state index contributed by atoms with van der Waals surface area (Å²) in [5.74, 6) is 1.07. The van der Waals surface area contributed by atoms with Gasteiger partial charge in [-0.3, -0.25) is 4.79 Å². The minimum atomic E-state index is -0.0960. The van der Waals surface area contributed by atoms with E-state index < -0.39 is 0 Å². The molecule has 11 heteroatoms. The second kappa shape index (κ2) is 9.36. The van der Waals surface area contributed by atoms with Crippen LogP contribution in [-0.2, 0) is 22.4 Å². The number of ketones is 1. The van der Waals surface area contributed by atoms with Gasteiger partial charge in [0.2, 0.25) is 5.88 Å². The van der Waals surface area contributed by atoms with E-state index in [1.54, 1.807) is 30.7 Å². The maximum absolute atomic E-state index is 13.2. The number of halogens is 1. The Morgan fingerprint density at radius 1 is 1.21 bits per heavy atom. The third-order valence-corrected chi connectivity index (χ3v) is 6.97. The molecule has 1 fully saturated rings. The largest absolute Gasteiger partial charge is 0.481 e. The zero-order valence-electron chi connectivity index (χ0n) is 19.0. The fraction of sp³-hybridized carbons (Fsp3) is 0.391. The summed E-state index contributed by atoms with van der Waals surface area (Å²) in [4.78, 5) is 29.1. The molecule has 1 saturated carbocycles. The Balaban J connectivity index is 1.45. The Morgan fingerprint density at radius 2 is 1.94 bits per heavy atom. The predicted octanol–water partition coefficient (Wildman–Crippen LogP) is 4.09. The van der Waals surface area contributed by atoms with Crippen LogP contribution in [0.1, 0.15) is 40.6 Å². The van der Waals surface area contributed by atoms with Crippen LogP contribution in [0, 0.1) is 12.8 Å². The van der Waals surface area contributed by atoms with Crippen molar-refractivity contribution in [1.82, 2.24) is 29.9 Å². The predicted molar refractivity (Wildman–Crippen MR) is 128 cm³/mol. The van der Waals surface area contributed by atoms with Gasteiger partial charge in [-0.25, -0.2) is 9.97 Å². The van der Waals surface area contributed by atoms with Gasteiger partial charge in [0.1, 0.15) is 16.1 Å². The molecule has 176 valence electrons. The Bertz CT molecular complexity index is 1350. The minimum Gasteiger partial charge on any atom is -0.481 e. The van der Waals surface area contributed by atoms with E-state index in [0.717, 1.165) is 39.3 Å². The van der Waals surface area contributed by atoms with E-state index in [2.05, 4.69) is 20.2 Å². The monoisotopic (exact) mass is 498 g/mol. The highest BCUT2D eigenvalue weighted by molar-refractivity contribution is 7.18. The molecule has 1 aliphatic carbocycles. The maximum Gasteiger partial charge on any atom is 0.218 e. The van der Waals surface area contributed by atoms with Crippen molar-refractivity contribution in [2.24, 2.45) is 5.92 Å². The lowest BCUT2D eigenvalue weighted by molar-refractivity contribution is -0.117. The first-order chi connectivity index (χ1) is 16.5. The number of pyridine rings is 2. The van der Waals surface area contributed by atoms with Gasteiger partial charge in [-0.1, -0.05) is 22.9 Å². The van der Waals surface area contributed by atoms with Gasteiger partial charge in [0, 0.05) is 37.3 Å². The van der Waals surface area contributed by atoms with Gasteiger partial charge in [0.05, 0.1) is 35.6 Å². The third kappa shape index (κ3) is 4.40. The van der Waals surface area contributed by atoms with Crippen molar-refractivity contribution in [3.63, 3.8) is 0 Å². The number of aryl methyl sites for hydroxylation is 1. The summed E-state index contributed by atoms with van der Waals surface area (Å²) in [6.45, 7) is 1.96. The van der Waals surface area contributed by atoms with Crippen molar-refractivity contribution in [2.75, 3.05) is 14.2 Å². The number of Topliss-reactive ketones (excluding diaryl/α,β-unsaturated/α-hetero) is 1. The van der Waals surface area contributed by atoms with E-state index in [0.29, 0.717) is 28.2 Å². The van der Waals surface area contributed by atoms with Crippen LogP contribution in [0.25, 0.3) is 16.2 Å². The van der Waals surface area contributed by atoms with Crippen LogP contribution < -0.4 is 4.74 Å². The summed E-state index contributed by atoms with van der Waals surface area (Å²) >= 11 is 7.97. The molecule has 0 aromatic carbocycles. The average molecular weight is 499 g/mol. The Kier molecular flexibility index (Phi) is 6.28. The van der Waals surface area contributed by atoms with Crippen molar-refractivity contribution >= 4 is 39.1 Å². The zero-order valence-corrected chi connectivity index (χ0v) is 20.6. The lowest BCUT2D eigenvalue weighted by Gasteiger charge is -2.19. The van der Waals surface area contributed by atoms with E-state index >= 15 is 0 Å². The van der Waals surface area contributed by atoms with Crippen molar-refractivity contribution in [3.05, 3.63) is 51.4 Å². The van der Waals surface area contributed by atoms with Gasteiger partial charge in [-0.15, -0.1) is 4.80 Å². The number of carbonyl (C=O) groups excluding carboxylic acids is 1. The normalized spacial score (nSPS) is 14.5. The molecular weight excluding hydrogens is 476 g/mol. The molecule has 4 heterocycles. The number of nitrogens with zero attached hydrogens (tertiary/aromatic N) is 6. The fourth-order valence-corrected chi connectivity index (χ4v) is 5.22. The van der Waals surface area contributed by atoms with Crippen molar-refractivity contribution in [1.29, 1.82) is 0 Å². The highest BCUT2D eigenvalue weighted by Crippen LogP contribution is 2.46. The molecule has 0 bridgehead atoms. The van der Waals surface area contributed by atoms with E-state index in [-0.39, 0.29) is 24.7 Å². The first-order valence-electron chi connectivity index (χ1n) is 10.9. The molecule has 4 aromatic rings. The lowest BCUT2D eigenvalue weighted by atomic mass is 9.95. The van der Waals surface area contributed by atoms with Crippen LogP contribution in [0.4, 0.5) is 0 Å². The van der Waals surface area contributed by atoms with Crippen LogP contribution in [0.3, 0.4) is 0 Å². The molecule has 0 saturated heterocycles. The summed E-state index contributed by atoms with van der Waals surface area (Å²) in [5, 5.41) is 9.39. The smallest absolute Gasteiger partial charge is 0.218 e. The number of ether oxygens (including phenoxy) is 2. The summed E-state index contributed by atoms with van der Waals surface area (Å²) in [7, 11) is 3.22. The summed E-state index contributed by atoms with van der Waals surface area (Å²) in [6.07, 6.45) is 7.28. The molecule has 0 aliphatic heterocycles. The zero-order chi connectivity index (χ0) is 23.8. The molecule has 1 atom stereocenters. The second-order valence-corrected chi connectivity index (χ2v) is 9.84. The number of methoxy groups -OCH3 is 2. The minimum absolute atomic E-state index is 0.0128. The second-order valence-electron chi connectivity index (χ2n) is 8.25. The highest BCUT2D eigenvalue weighted by atomic mass is 35.5. The van der Waals surface area contributed by atoms with E-state index in [9.17, 15) is 4.79 Å². The van der Waals surface area contributed by atoms with Crippen molar-refractivity contribution in [3.8, 4) is 11.7 Å². The molecule has 9 nitrogen and oxygen atoms in total. The standard InChI is InChI=1S/C23H23ClN6O3S/c1-12-28-19-18(20(32-2)13-4-5-13)15(11-25-23(19)34-12)9-16(31)8-14-10-17(24)21(29-22(14)33-3)30-26-6-7-27-30/h6-7,10-11,13,20H,4-5,8-9H2,1-3H3. The van der Waals surface area contributed by atoms with Gasteiger partial charge in [0.25, 0.3) is 0 Å². The van der Waals surface area contributed by atoms with E-state index in [4.69, 9.17) is 26.1 Å². The fourth-order valence-electron chi connectivity index (χ4n) is 4.20. The van der Waals surface area contributed by atoms with E-state index in [1.807, 2.05) is 6.92 Å². The van der Waals surface area contributed by atoms with Crippen LogP contribution in [0.15, 0.2) is 24.7 Å². The third-order valence-electron chi connectivity index (χ3n) is 5.82. The number of hydrogen-bond donors (Lipinski definition) is 0. The van der Waals surface area contributed by atoms with Gasteiger partial charge < -0.3 is 9.47 Å². The first kappa shape index (κ1) is 22.8. The Morgan fingerprint density at radius 3 is 2.62 bits per heavy atom. The summed E-state index contributed by atoms with van der Waals surface area (Å²) in [6, 6.07) is 1.68. The molecule has 0 amide bonds. The maximum atomic E-state index is 13.2. The summed E-state index contributed by atoms with van der Waals surface area (Å²) < 4.78 is 11.3. The van der Waals surface area contributed by atoms with Gasteiger partial charge in [-0.05, 0) is 37.3 Å². The molecule has 1 unspecified atom stereocenters. The number of hydrogen-bond acceptors (Lipinski definition) is 9. The van der Waals surface area contributed by atoms with Gasteiger partial charge in [0.15, 0.2) is 5.82 Å². The molecular formula is C23H23ClN6O3S.